The predicted molar refractivity (Wildman–Crippen MR) is 76.1 cm³/mol. The molecule has 0 aliphatic carbocycles. The standard InChI is InChI=1S/C15H13Cl2FO/c1-15(19,9-10-2-4-11(16)5-3-10)13-7-6-12(17)8-14(13)18/h2-8,19H,9H2,1H3. The van der Waals surface area contributed by atoms with E-state index in [-0.39, 0.29) is 5.56 Å². The van der Waals surface area contributed by atoms with Crippen molar-refractivity contribution in [3.8, 4) is 0 Å². The lowest BCUT2D eigenvalue weighted by atomic mass is 9.89. The summed E-state index contributed by atoms with van der Waals surface area (Å²) in [5.74, 6) is -0.508. The first-order valence-corrected chi connectivity index (χ1v) is 6.56. The second-order valence-corrected chi connectivity index (χ2v) is 5.57. The van der Waals surface area contributed by atoms with Crippen molar-refractivity contribution in [1.29, 1.82) is 0 Å². The molecule has 0 saturated carbocycles. The third-order valence-corrected chi connectivity index (χ3v) is 3.46. The maximum atomic E-state index is 13.8. The number of rotatable bonds is 3. The molecule has 2 aromatic rings. The number of hydrogen-bond acceptors (Lipinski definition) is 1. The fourth-order valence-corrected chi connectivity index (χ4v) is 2.31. The maximum absolute atomic E-state index is 13.8. The average Bonchev–Trinajstić information content (AvgIpc) is 2.31. The molecular formula is C15H13Cl2FO. The summed E-state index contributed by atoms with van der Waals surface area (Å²) in [7, 11) is 0. The fraction of sp³-hybridized carbons (Fsp3) is 0.200. The first-order chi connectivity index (χ1) is 8.88. The minimum atomic E-state index is -1.30. The van der Waals surface area contributed by atoms with Crippen molar-refractivity contribution in [2.75, 3.05) is 0 Å². The quantitative estimate of drug-likeness (QED) is 0.879. The van der Waals surface area contributed by atoms with Crippen LogP contribution in [0.2, 0.25) is 10.0 Å². The molecule has 1 nitrogen and oxygen atoms in total. The van der Waals surface area contributed by atoms with Crippen molar-refractivity contribution in [1.82, 2.24) is 0 Å². The molecule has 1 unspecified atom stereocenters. The number of halogens is 3. The molecule has 0 spiro atoms. The minimum absolute atomic E-state index is 0.229. The van der Waals surface area contributed by atoms with Gasteiger partial charge in [-0.25, -0.2) is 4.39 Å². The van der Waals surface area contributed by atoms with E-state index in [0.717, 1.165) is 5.56 Å². The van der Waals surface area contributed by atoms with Gasteiger partial charge in [-0.05, 0) is 36.8 Å². The van der Waals surface area contributed by atoms with Crippen molar-refractivity contribution in [3.05, 3.63) is 69.5 Å². The molecular weight excluding hydrogens is 286 g/mol. The second-order valence-electron chi connectivity index (χ2n) is 4.70. The van der Waals surface area contributed by atoms with E-state index in [9.17, 15) is 9.50 Å². The van der Waals surface area contributed by atoms with Gasteiger partial charge in [-0.15, -0.1) is 0 Å². The lowest BCUT2D eigenvalue weighted by Gasteiger charge is -2.24. The van der Waals surface area contributed by atoms with Crippen LogP contribution in [0.15, 0.2) is 42.5 Å². The summed E-state index contributed by atoms with van der Waals surface area (Å²) < 4.78 is 13.8. The van der Waals surface area contributed by atoms with Gasteiger partial charge in [0.15, 0.2) is 0 Å². The second kappa shape index (κ2) is 5.49. The summed E-state index contributed by atoms with van der Waals surface area (Å²) in [4.78, 5) is 0. The summed E-state index contributed by atoms with van der Waals surface area (Å²) in [6.45, 7) is 1.58. The van der Waals surface area contributed by atoms with Gasteiger partial charge in [-0.1, -0.05) is 41.4 Å². The molecule has 0 saturated heterocycles. The van der Waals surface area contributed by atoms with Gasteiger partial charge in [0.25, 0.3) is 0 Å². The highest BCUT2D eigenvalue weighted by molar-refractivity contribution is 6.30. The molecule has 0 bridgehead atoms. The van der Waals surface area contributed by atoms with Crippen LogP contribution in [0, 0.1) is 5.82 Å². The van der Waals surface area contributed by atoms with Crippen LogP contribution in [-0.4, -0.2) is 5.11 Å². The average molecular weight is 299 g/mol. The Labute approximate surface area is 121 Å². The van der Waals surface area contributed by atoms with Crippen LogP contribution in [0.4, 0.5) is 4.39 Å². The van der Waals surface area contributed by atoms with Gasteiger partial charge in [0.1, 0.15) is 5.82 Å². The van der Waals surface area contributed by atoms with Crippen LogP contribution in [0.1, 0.15) is 18.1 Å². The van der Waals surface area contributed by atoms with Crippen molar-refractivity contribution in [2.24, 2.45) is 0 Å². The Bertz CT molecular complexity index is 579. The lowest BCUT2D eigenvalue weighted by Crippen LogP contribution is -2.25. The van der Waals surface area contributed by atoms with Crippen LogP contribution in [-0.2, 0) is 12.0 Å². The van der Waals surface area contributed by atoms with Crippen molar-refractivity contribution >= 4 is 23.2 Å². The molecule has 100 valence electrons. The number of benzene rings is 2. The van der Waals surface area contributed by atoms with E-state index >= 15 is 0 Å². The maximum Gasteiger partial charge on any atom is 0.130 e. The molecule has 0 aliphatic heterocycles. The molecule has 2 rings (SSSR count). The zero-order valence-electron chi connectivity index (χ0n) is 10.3. The summed E-state index contributed by atoms with van der Waals surface area (Å²) in [5, 5.41) is 11.4. The molecule has 1 atom stereocenters. The van der Waals surface area contributed by atoms with E-state index < -0.39 is 11.4 Å². The third kappa shape index (κ3) is 3.47. The monoisotopic (exact) mass is 298 g/mol. The summed E-state index contributed by atoms with van der Waals surface area (Å²) in [6, 6.07) is 11.4. The number of hydrogen-bond donors (Lipinski definition) is 1. The van der Waals surface area contributed by atoms with E-state index in [2.05, 4.69) is 0 Å². The fourth-order valence-electron chi connectivity index (χ4n) is 2.02. The molecule has 19 heavy (non-hydrogen) atoms. The SMILES string of the molecule is CC(O)(Cc1ccc(Cl)cc1)c1ccc(Cl)cc1F. The van der Waals surface area contributed by atoms with Crippen LogP contribution in [0.3, 0.4) is 0 Å². The molecule has 4 heteroatoms. The van der Waals surface area contributed by atoms with Gasteiger partial charge < -0.3 is 5.11 Å². The number of aliphatic hydroxyl groups is 1. The Balaban J connectivity index is 2.29. The highest BCUT2D eigenvalue weighted by atomic mass is 35.5. The molecule has 1 N–H and O–H groups in total. The molecule has 2 aromatic carbocycles. The molecule has 0 amide bonds. The van der Waals surface area contributed by atoms with Gasteiger partial charge in [0, 0.05) is 22.0 Å². The predicted octanol–water partition coefficient (Wildman–Crippen LogP) is 4.58. The zero-order valence-corrected chi connectivity index (χ0v) is 11.8. The Morgan fingerprint density at radius 2 is 1.63 bits per heavy atom. The Morgan fingerprint density at radius 1 is 1.05 bits per heavy atom. The van der Waals surface area contributed by atoms with Gasteiger partial charge in [-0.2, -0.15) is 0 Å². The lowest BCUT2D eigenvalue weighted by molar-refractivity contribution is 0.0538. The van der Waals surface area contributed by atoms with E-state index in [0.29, 0.717) is 16.5 Å². The first-order valence-electron chi connectivity index (χ1n) is 5.81. The summed E-state index contributed by atoms with van der Waals surface area (Å²) in [6.07, 6.45) is 0.294. The first kappa shape index (κ1) is 14.3. The Kier molecular flexibility index (Phi) is 4.14. The Hall–Kier alpha value is -1.09. The topological polar surface area (TPSA) is 20.2 Å². The van der Waals surface area contributed by atoms with Gasteiger partial charge >= 0.3 is 0 Å². The smallest absolute Gasteiger partial charge is 0.130 e. The third-order valence-electron chi connectivity index (χ3n) is 2.97. The van der Waals surface area contributed by atoms with E-state index in [1.54, 1.807) is 25.1 Å². The van der Waals surface area contributed by atoms with Gasteiger partial charge in [0.05, 0.1) is 5.60 Å². The molecule has 0 fully saturated rings. The molecule has 0 radical (unpaired) electrons. The van der Waals surface area contributed by atoms with Crippen molar-refractivity contribution in [2.45, 2.75) is 18.9 Å². The zero-order chi connectivity index (χ0) is 14.0. The normalized spacial score (nSPS) is 14.2. The summed E-state index contributed by atoms with van der Waals surface area (Å²) >= 11 is 11.5. The van der Waals surface area contributed by atoms with E-state index in [4.69, 9.17) is 23.2 Å². The van der Waals surface area contributed by atoms with Gasteiger partial charge in [0.2, 0.25) is 0 Å². The van der Waals surface area contributed by atoms with Crippen LogP contribution in [0.25, 0.3) is 0 Å². The molecule has 0 aromatic heterocycles. The largest absolute Gasteiger partial charge is 0.385 e. The highest BCUT2D eigenvalue weighted by Gasteiger charge is 2.27. The minimum Gasteiger partial charge on any atom is -0.385 e. The van der Waals surface area contributed by atoms with Gasteiger partial charge in [-0.3, -0.25) is 0 Å². The molecule has 0 aliphatic rings. The Morgan fingerprint density at radius 3 is 2.21 bits per heavy atom. The summed E-state index contributed by atoms with van der Waals surface area (Å²) in [5.41, 5.74) is -0.196. The van der Waals surface area contributed by atoms with Crippen molar-refractivity contribution < 1.29 is 9.50 Å². The van der Waals surface area contributed by atoms with Crippen LogP contribution < -0.4 is 0 Å². The van der Waals surface area contributed by atoms with E-state index in [1.807, 2.05) is 12.1 Å². The van der Waals surface area contributed by atoms with Crippen molar-refractivity contribution in [3.63, 3.8) is 0 Å². The van der Waals surface area contributed by atoms with Crippen LogP contribution in [0.5, 0.6) is 0 Å². The van der Waals surface area contributed by atoms with Crippen LogP contribution >= 0.6 is 23.2 Å². The highest BCUT2D eigenvalue weighted by Crippen LogP contribution is 2.29. The molecule has 0 heterocycles. The van der Waals surface area contributed by atoms with E-state index in [1.165, 1.54) is 12.1 Å².